The zero-order chi connectivity index (χ0) is 10.7. The van der Waals surface area contributed by atoms with Crippen molar-refractivity contribution in [2.24, 2.45) is 0 Å². The molecule has 1 atom stereocenters. The molecule has 15 heavy (non-hydrogen) atoms. The lowest BCUT2D eigenvalue weighted by molar-refractivity contribution is -0.121. The lowest BCUT2D eigenvalue weighted by Gasteiger charge is -2.13. The maximum absolute atomic E-state index is 11.5. The Morgan fingerprint density at radius 1 is 1.47 bits per heavy atom. The smallest absolute Gasteiger partial charge is 0.220 e. The molecule has 1 N–H and O–H groups in total. The van der Waals surface area contributed by atoms with Crippen LogP contribution in [0.1, 0.15) is 43.4 Å². The number of carbonyl (C=O) groups excluding carboxylic acids is 1. The van der Waals surface area contributed by atoms with Crippen LogP contribution in [0, 0.1) is 0 Å². The number of amides is 1. The summed E-state index contributed by atoms with van der Waals surface area (Å²) >= 11 is 0. The molecule has 2 nitrogen and oxygen atoms in total. The van der Waals surface area contributed by atoms with E-state index >= 15 is 0 Å². The number of rotatable bonds is 3. The second kappa shape index (κ2) is 4.47. The summed E-state index contributed by atoms with van der Waals surface area (Å²) < 4.78 is 0. The fourth-order valence-corrected chi connectivity index (χ4v) is 2.20. The molecule has 2 rings (SSSR count). The van der Waals surface area contributed by atoms with Crippen molar-refractivity contribution in [2.75, 3.05) is 0 Å². The van der Waals surface area contributed by atoms with Crippen LogP contribution in [0.4, 0.5) is 0 Å². The highest BCUT2D eigenvalue weighted by molar-refractivity contribution is 5.76. The zero-order valence-electron chi connectivity index (χ0n) is 9.12. The van der Waals surface area contributed by atoms with E-state index in [-0.39, 0.29) is 11.9 Å². The summed E-state index contributed by atoms with van der Waals surface area (Å²) in [6, 6.07) is 8.64. The van der Waals surface area contributed by atoms with Gasteiger partial charge >= 0.3 is 0 Å². The third-order valence-corrected chi connectivity index (χ3v) is 2.95. The van der Waals surface area contributed by atoms with Gasteiger partial charge in [0.15, 0.2) is 0 Å². The number of benzene rings is 1. The quantitative estimate of drug-likeness (QED) is 0.803. The number of aryl methyl sites for hydroxylation is 1. The average Bonchev–Trinajstić information content (AvgIpc) is 2.62. The Morgan fingerprint density at radius 3 is 3.07 bits per heavy atom. The van der Waals surface area contributed by atoms with E-state index in [1.54, 1.807) is 0 Å². The highest BCUT2D eigenvalue weighted by atomic mass is 16.1. The van der Waals surface area contributed by atoms with Crippen LogP contribution in [0.5, 0.6) is 0 Å². The van der Waals surface area contributed by atoms with Crippen molar-refractivity contribution in [1.82, 2.24) is 5.32 Å². The first-order valence-corrected chi connectivity index (χ1v) is 5.68. The summed E-state index contributed by atoms with van der Waals surface area (Å²) in [5, 5.41) is 3.10. The summed E-state index contributed by atoms with van der Waals surface area (Å²) in [5.41, 5.74) is 2.70. The van der Waals surface area contributed by atoms with Crippen molar-refractivity contribution in [3.05, 3.63) is 35.4 Å². The Kier molecular flexibility index (Phi) is 3.05. The fraction of sp³-hybridized carbons (Fsp3) is 0.462. The van der Waals surface area contributed by atoms with Crippen LogP contribution in [0.2, 0.25) is 0 Å². The van der Waals surface area contributed by atoms with E-state index in [4.69, 9.17) is 0 Å². The van der Waals surface area contributed by atoms with Crippen molar-refractivity contribution in [1.29, 1.82) is 0 Å². The minimum absolute atomic E-state index is 0.180. The minimum Gasteiger partial charge on any atom is -0.349 e. The van der Waals surface area contributed by atoms with Crippen molar-refractivity contribution in [3.63, 3.8) is 0 Å². The Bertz CT molecular complexity index is 359. The standard InChI is InChI=1S/C13H17NO/c1-2-5-13(15)14-12-9-8-10-6-3-4-7-11(10)12/h3-4,6-7,12H,2,5,8-9H2,1H3,(H,14,15)/t12-/m1/s1. The van der Waals surface area contributed by atoms with Gasteiger partial charge < -0.3 is 5.32 Å². The van der Waals surface area contributed by atoms with Crippen LogP contribution in [0.15, 0.2) is 24.3 Å². The molecule has 0 heterocycles. The molecular formula is C13H17NO. The summed E-state index contributed by atoms with van der Waals surface area (Å²) in [6.07, 6.45) is 3.70. The van der Waals surface area contributed by atoms with Gasteiger partial charge in [0.05, 0.1) is 6.04 Å². The minimum atomic E-state index is 0.180. The van der Waals surface area contributed by atoms with Gasteiger partial charge in [0.25, 0.3) is 0 Å². The first-order chi connectivity index (χ1) is 7.31. The molecule has 0 aromatic heterocycles. The van der Waals surface area contributed by atoms with Gasteiger partial charge in [-0.1, -0.05) is 31.2 Å². The monoisotopic (exact) mass is 203 g/mol. The van der Waals surface area contributed by atoms with Crippen LogP contribution in [-0.2, 0) is 11.2 Å². The maximum atomic E-state index is 11.5. The molecule has 0 fully saturated rings. The van der Waals surface area contributed by atoms with E-state index in [9.17, 15) is 4.79 Å². The lowest BCUT2D eigenvalue weighted by Crippen LogP contribution is -2.26. The summed E-state index contributed by atoms with van der Waals surface area (Å²) in [5.74, 6) is 0.180. The van der Waals surface area contributed by atoms with Gasteiger partial charge in [-0.15, -0.1) is 0 Å². The molecule has 80 valence electrons. The molecule has 2 heteroatoms. The molecule has 0 spiro atoms. The molecule has 0 bridgehead atoms. The number of hydrogen-bond acceptors (Lipinski definition) is 1. The molecule has 0 radical (unpaired) electrons. The summed E-state index contributed by atoms with van der Waals surface area (Å²) in [7, 11) is 0. The second-order valence-electron chi connectivity index (χ2n) is 4.11. The van der Waals surface area contributed by atoms with E-state index in [0.717, 1.165) is 19.3 Å². The SMILES string of the molecule is CCCC(=O)N[C@@H]1CCc2ccccc21. The molecular weight excluding hydrogens is 186 g/mol. The number of nitrogens with one attached hydrogen (secondary N) is 1. The molecule has 1 aliphatic carbocycles. The number of carbonyl (C=O) groups is 1. The molecule has 0 saturated heterocycles. The van der Waals surface area contributed by atoms with Gasteiger partial charge in [-0.3, -0.25) is 4.79 Å². The van der Waals surface area contributed by atoms with Gasteiger partial charge in [-0.05, 0) is 30.4 Å². The predicted molar refractivity (Wildman–Crippen MR) is 60.6 cm³/mol. The zero-order valence-corrected chi connectivity index (χ0v) is 9.12. The van der Waals surface area contributed by atoms with Crippen LogP contribution in [-0.4, -0.2) is 5.91 Å². The third kappa shape index (κ3) is 2.20. The Labute approximate surface area is 90.7 Å². The predicted octanol–water partition coefficient (Wildman–Crippen LogP) is 2.59. The van der Waals surface area contributed by atoms with Crippen LogP contribution in [0.3, 0.4) is 0 Å². The normalized spacial score (nSPS) is 18.6. The summed E-state index contributed by atoms with van der Waals surface area (Å²) in [6.45, 7) is 2.03. The lowest BCUT2D eigenvalue weighted by atomic mass is 10.1. The van der Waals surface area contributed by atoms with Crippen LogP contribution < -0.4 is 5.32 Å². The Hall–Kier alpha value is -1.31. The van der Waals surface area contributed by atoms with Crippen molar-refractivity contribution < 1.29 is 4.79 Å². The van der Waals surface area contributed by atoms with E-state index in [0.29, 0.717) is 6.42 Å². The molecule has 1 amide bonds. The first-order valence-electron chi connectivity index (χ1n) is 5.68. The van der Waals surface area contributed by atoms with Gasteiger partial charge in [-0.25, -0.2) is 0 Å². The first kappa shape index (κ1) is 10.2. The van der Waals surface area contributed by atoms with E-state index in [2.05, 4.69) is 23.5 Å². The van der Waals surface area contributed by atoms with Gasteiger partial charge in [0.2, 0.25) is 5.91 Å². The Balaban J connectivity index is 2.04. The van der Waals surface area contributed by atoms with Crippen molar-refractivity contribution in [3.8, 4) is 0 Å². The summed E-state index contributed by atoms with van der Waals surface area (Å²) in [4.78, 5) is 11.5. The highest BCUT2D eigenvalue weighted by Gasteiger charge is 2.22. The van der Waals surface area contributed by atoms with Crippen LogP contribution >= 0.6 is 0 Å². The molecule has 1 aromatic carbocycles. The molecule has 0 aliphatic heterocycles. The van der Waals surface area contributed by atoms with E-state index in [1.165, 1.54) is 11.1 Å². The molecule has 1 aromatic rings. The molecule has 0 saturated carbocycles. The van der Waals surface area contributed by atoms with Gasteiger partial charge in [0.1, 0.15) is 0 Å². The van der Waals surface area contributed by atoms with E-state index in [1.807, 2.05) is 13.0 Å². The Morgan fingerprint density at radius 2 is 2.27 bits per heavy atom. The third-order valence-electron chi connectivity index (χ3n) is 2.95. The topological polar surface area (TPSA) is 29.1 Å². The molecule has 0 unspecified atom stereocenters. The van der Waals surface area contributed by atoms with E-state index < -0.39 is 0 Å². The van der Waals surface area contributed by atoms with Crippen molar-refractivity contribution >= 4 is 5.91 Å². The second-order valence-corrected chi connectivity index (χ2v) is 4.11. The maximum Gasteiger partial charge on any atom is 0.220 e. The number of hydrogen-bond donors (Lipinski definition) is 1. The highest BCUT2D eigenvalue weighted by Crippen LogP contribution is 2.30. The number of fused-ring (bicyclic) bond motifs is 1. The van der Waals surface area contributed by atoms with Crippen molar-refractivity contribution in [2.45, 2.75) is 38.6 Å². The van der Waals surface area contributed by atoms with Crippen LogP contribution in [0.25, 0.3) is 0 Å². The fourth-order valence-electron chi connectivity index (χ4n) is 2.20. The average molecular weight is 203 g/mol. The largest absolute Gasteiger partial charge is 0.349 e. The van der Waals surface area contributed by atoms with Gasteiger partial charge in [-0.2, -0.15) is 0 Å². The molecule has 1 aliphatic rings. The van der Waals surface area contributed by atoms with Gasteiger partial charge in [0, 0.05) is 6.42 Å².